The Morgan fingerprint density at radius 3 is 2.61 bits per heavy atom. The second-order valence-electron chi connectivity index (χ2n) is 8.56. The lowest BCUT2D eigenvalue weighted by Gasteiger charge is -2.31. The van der Waals surface area contributed by atoms with E-state index >= 15 is 0 Å². The van der Waals surface area contributed by atoms with Crippen molar-refractivity contribution in [1.29, 1.82) is 0 Å². The fraction of sp³-hybridized carbons (Fsp3) is 0.500. The molecule has 2 fully saturated rings. The van der Waals surface area contributed by atoms with Gasteiger partial charge in [-0.25, -0.2) is 9.97 Å². The van der Waals surface area contributed by atoms with E-state index in [9.17, 15) is 0 Å². The summed E-state index contributed by atoms with van der Waals surface area (Å²) in [5, 5.41) is 1.12. The van der Waals surface area contributed by atoms with Crippen LogP contribution in [0.4, 0.5) is 5.95 Å². The summed E-state index contributed by atoms with van der Waals surface area (Å²) < 4.78 is 7.11. The number of anilines is 1. The molecule has 0 bridgehead atoms. The molecule has 0 aliphatic carbocycles. The van der Waals surface area contributed by atoms with Crippen molar-refractivity contribution >= 4 is 43.4 Å². The minimum atomic E-state index is 0.652. The van der Waals surface area contributed by atoms with Gasteiger partial charge in [0.1, 0.15) is 4.83 Å². The highest BCUT2D eigenvalue weighted by molar-refractivity contribution is 9.11. The van der Waals surface area contributed by atoms with Gasteiger partial charge in [-0.3, -0.25) is 0 Å². The van der Waals surface area contributed by atoms with E-state index in [0.717, 1.165) is 65.6 Å². The first-order chi connectivity index (χ1) is 15.3. The molecule has 5 rings (SSSR count). The molecule has 31 heavy (non-hydrogen) atoms. The second-order valence-corrected chi connectivity index (χ2v) is 10.9. The molecule has 0 atom stereocenters. The van der Waals surface area contributed by atoms with Gasteiger partial charge < -0.3 is 14.5 Å². The largest absolute Gasteiger partial charge is 0.380 e. The number of hydrogen-bond donors (Lipinski definition) is 0. The van der Waals surface area contributed by atoms with Crippen LogP contribution >= 0.6 is 27.3 Å². The Bertz CT molecular complexity index is 997. The van der Waals surface area contributed by atoms with Gasteiger partial charge in [-0.15, -0.1) is 11.3 Å². The number of hydrogen-bond acceptors (Lipinski definition) is 6. The molecule has 2 saturated heterocycles. The molecule has 7 heteroatoms. The number of halogens is 1. The maximum absolute atomic E-state index is 6.00. The Kier molecular flexibility index (Phi) is 6.84. The molecule has 5 nitrogen and oxygen atoms in total. The van der Waals surface area contributed by atoms with Crippen LogP contribution in [0.25, 0.3) is 21.3 Å². The van der Waals surface area contributed by atoms with E-state index < -0.39 is 0 Å². The third-order valence-corrected chi connectivity index (χ3v) is 8.23. The normalized spacial score (nSPS) is 18.3. The molecule has 0 spiro atoms. The van der Waals surface area contributed by atoms with Crippen LogP contribution < -0.4 is 4.90 Å². The fourth-order valence-electron chi connectivity index (χ4n) is 4.62. The quantitative estimate of drug-likeness (QED) is 0.403. The zero-order chi connectivity index (χ0) is 21.0. The van der Waals surface area contributed by atoms with Crippen molar-refractivity contribution < 1.29 is 4.74 Å². The summed E-state index contributed by atoms with van der Waals surface area (Å²) in [6, 6.07) is 10.5. The number of rotatable bonds is 7. The lowest BCUT2D eigenvalue weighted by atomic mass is 9.98. The van der Waals surface area contributed by atoms with E-state index in [4.69, 9.17) is 14.7 Å². The third-order valence-electron chi connectivity index (χ3n) is 6.46. The van der Waals surface area contributed by atoms with Gasteiger partial charge in [-0.05, 0) is 66.2 Å². The molecule has 4 heterocycles. The van der Waals surface area contributed by atoms with Crippen LogP contribution in [0.2, 0.25) is 0 Å². The number of likely N-dealkylation sites (tertiary alicyclic amines) is 1. The van der Waals surface area contributed by atoms with Crippen LogP contribution in [0.15, 0.2) is 40.3 Å². The second kappa shape index (κ2) is 9.94. The summed E-state index contributed by atoms with van der Waals surface area (Å²) in [6.45, 7) is 7.36. The minimum Gasteiger partial charge on any atom is -0.380 e. The van der Waals surface area contributed by atoms with Gasteiger partial charge in [0.05, 0.1) is 10.4 Å². The standard InChI is InChI=1S/C24H29BrN4OS/c25-22-21(19-6-2-1-3-7-19)20-16-26-24(27-23(20)31-22)29-12-8-18(9-13-29)17-30-15-14-28-10-4-5-11-28/h1-3,6-7,16,18H,4-5,8-15,17H2. The smallest absolute Gasteiger partial charge is 0.226 e. The Hall–Kier alpha value is -1.54. The number of thiophene rings is 1. The molecule has 1 aromatic carbocycles. The molecule has 3 aromatic rings. The molecule has 2 aliphatic heterocycles. The molecule has 2 aromatic heterocycles. The molecular formula is C24H29BrN4OS. The number of nitrogens with zero attached hydrogens (tertiary/aromatic N) is 4. The summed E-state index contributed by atoms with van der Waals surface area (Å²) in [5.74, 6) is 1.51. The minimum absolute atomic E-state index is 0.652. The highest BCUT2D eigenvalue weighted by Crippen LogP contribution is 2.41. The molecule has 164 valence electrons. The number of aromatic nitrogens is 2. The SMILES string of the molecule is Brc1sc2nc(N3CCC(COCCN4CCCC4)CC3)ncc2c1-c1ccccc1. The molecule has 0 unspecified atom stereocenters. The summed E-state index contributed by atoms with van der Waals surface area (Å²) in [5.41, 5.74) is 2.39. The van der Waals surface area contributed by atoms with Crippen molar-refractivity contribution in [2.45, 2.75) is 25.7 Å². The molecule has 0 radical (unpaired) electrons. The number of fused-ring (bicyclic) bond motifs is 1. The Balaban J connectivity index is 1.17. The van der Waals surface area contributed by atoms with Crippen molar-refractivity contribution in [3.8, 4) is 11.1 Å². The summed E-state index contributed by atoms with van der Waals surface area (Å²) in [6.07, 6.45) is 6.99. The first-order valence-corrected chi connectivity index (χ1v) is 12.9. The van der Waals surface area contributed by atoms with Gasteiger partial charge in [0.15, 0.2) is 0 Å². The first kappa shape index (κ1) is 21.3. The highest BCUT2D eigenvalue weighted by atomic mass is 79.9. The van der Waals surface area contributed by atoms with Crippen molar-refractivity contribution in [2.75, 3.05) is 50.8 Å². The Morgan fingerprint density at radius 1 is 1.06 bits per heavy atom. The first-order valence-electron chi connectivity index (χ1n) is 11.3. The van der Waals surface area contributed by atoms with Crippen molar-refractivity contribution in [2.24, 2.45) is 5.92 Å². The van der Waals surface area contributed by atoms with E-state index in [1.54, 1.807) is 11.3 Å². The molecule has 2 aliphatic rings. The van der Waals surface area contributed by atoms with Gasteiger partial charge in [-0.1, -0.05) is 30.3 Å². The van der Waals surface area contributed by atoms with Gasteiger partial charge in [0.25, 0.3) is 0 Å². The van der Waals surface area contributed by atoms with Crippen LogP contribution in [0.1, 0.15) is 25.7 Å². The molecule has 0 amide bonds. The average molecular weight is 501 g/mol. The number of benzene rings is 1. The predicted molar refractivity (Wildman–Crippen MR) is 132 cm³/mol. The highest BCUT2D eigenvalue weighted by Gasteiger charge is 2.23. The van der Waals surface area contributed by atoms with E-state index in [0.29, 0.717) is 5.92 Å². The Morgan fingerprint density at radius 2 is 1.84 bits per heavy atom. The van der Waals surface area contributed by atoms with Crippen molar-refractivity contribution in [1.82, 2.24) is 14.9 Å². The maximum atomic E-state index is 6.00. The summed E-state index contributed by atoms with van der Waals surface area (Å²) in [4.78, 5) is 15.5. The van der Waals surface area contributed by atoms with Crippen molar-refractivity contribution in [3.63, 3.8) is 0 Å². The van der Waals surface area contributed by atoms with Crippen LogP contribution in [-0.2, 0) is 4.74 Å². The van der Waals surface area contributed by atoms with Crippen LogP contribution in [-0.4, -0.2) is 60.8 Å². The van der Waals surface area contributed by atoms with Gasteiger partial charge in [0, 0.05) is 43.4 Å². The average Bonchev–Trinajstić information content (AvgIpc) is 3.44. The van der Waals surface area contributed by atoms with E-state index in [1.807, 2.05) is 12.3 Å². The molecule has 0 saturated carbocycles. The molecule has 0 N–H and O–H groups in total. The monoisotopic (exact) mass is 500 g/mol. The molecular weight excluding hydrogens is 472 g/mol. The zero-order valence-corrected chi connectivity index (χ0v) is 20.2. The van der Waals surface area contributed by atoms with Gasteiger partial charge in [-0.2, -0.15) is 0 Å². The zero-order valence-electron chi connectivity index (χ0n) is 17.8. The fourth-order valence-corrected chi connectivity index (χ4v) is 6.42. The third kappa shape index (κ3) is 4.95. The van der Waals surface area contributed by atoms with E-state index in [2.05, 4.69) is 50.0 Å². The number of piperidine rings is 1. The van der Waals surface area contributed by atoms with Gasteiger partial charge >= 0.3 is 0 Å². The Labute approximate surface area is 196 Å². The predicted octanol–water partition coefficient (Wildman–Crippen LogP) is 5.45. The van der Waals surface area contributed by atoms with E-state index in [1.165, 1.54) is 37.1 Å². The maximum Gasteiger partial charge on any atom is 0.226 e. The van der Waals surface area contributed by atoms with Crippen LogP contribution in [0.5, 0.6) is 0 Å². The van der Waals surface area contributed by atoms with Crippen LogP contribution in [0.3, 0.4) is 0 Å². The summed E-state index contributed by atoms with van der Waals surface area (Å²) >= 11 is 5.44. The van der Waals surface area contributed by atoms with E-state index in [-0.39, 0.29) is 0 Å². The topological polar surface area (TPSA) is 41.5 Å². The summed E-state index contributed by atoms with van der Waals surface area (Å²) in [7, 11) is 0. The van der Waals surface area contributed by atoms with Crippen molar-refractivity contribution in [3.05, 3.63) is 40.3 Å². The lowest BCUT2D eigenvalue weighted by molar-refractivity contribution is 0.0752. The van der Waals surface area contributed by atoms with Gasteiger partial charge in [0.2, 0.25) is 5.95 Å². The lowest BCUT2D eigenvalue weighted by Crippen LogP contribution is -2.36. The number of ether oxygens (including phenoxy) is 1. The van der Waals surface area contributed by atoms with Crippen LogP contribution in [0, 0.1) is 5.92 Å².